The summed E-state index contributed by atoms with van der Waals surface area (Å²) in [4.78, 5) is 23.7. The fraction of sp³-hybridized carbons (Fsp3) is 0.176. The molecule has 2 aromatic carbocycles. The van der Waals surface area contributed by atoms with Crippen LogP contribution in [0.5, 0.6) is 5.75 Å². The van der Waals surface area contributed by atoms with Gasteiger partial charge in [-0.15, -0.1) is 0 Å². The Morgan fingerprint density at radius 2 is 1.75 bits per heavy atom. The Morgan fingerprint density at radius 1 is 1.04 bits per heavy atom. The van der Waals surface area contributed by atoms with E-state index in [0.717, 1.165) is 11.3 Å². The van der Waals surface area contributed by atoms with Crippen LogP contribution in [0, 0.1) is 0 Å². The maximum Gasteiger partial charge on any atom is 0.313 e. The summed E-state index contributed by atoms with van der Waals surface area (Å²) in [6.07, 6.45) is 0.598. The van der Waals surface area contributed by atoms with Crippen molar-refractivity contribution in [1.29, 1.82) is 0 Å². The number of halogens is 2. The van der Waals surface area contributed by atoms with E-state index in [1.54, 1.807) is 25.3 Å². The standard InChI is InChI=1S/C17H16Cl2N2O3/c1-24-12-7-5-11(6-8-12)9-10-20-16(22)17(23)21-14-4-2-3-13(18)15(14)19/h2-8H,9-10H2,1H3,(H,20,22)(H,21,23). The molecule has 0 aliphatic heterocycles. The first-order valence-electron chi connectivity index (χ1n) is 7.17. The van der Waals surface area contributed by atoms with Crippen molar-refractivity contribution < 1.29 is 14.3 Å². The Kier molecular flexibility index (Phi) is 6.46. The van der Waals surface area contributed by atoms with E-state index in [1.165, 1.54) is 0 Å². The van der Waals surface area contributed by atoms with E-state index < -0.39 is 11.8 Å². The summed E-state index contributed by atoms with van der Waals surface area (Å²) < 4.78 is 5.08. The third kappa shape index (κ3) is 4.88. The summed E-state index contributed by atoms with van der Waals surface area (Å²) in [6.45, 7) is 0.335. The molecule has 0 aliphatic rings. The molecule has 0 saturated carbocycles. The van der Waals surface area contributed by atoms with Crippen molar-refractivity contribution in [2.24, 2.45) is 0 Å². The van der Waals surface area contributed by atoms with Crippen LogP contribution in [0.4, 0.5) is 5.69 Å². The number of hydrogen-bond acceptors (Lipinski definition) is 3. The highest BCUT2D eigenvalue weighted by Crippen LogP contribution is 2.29. The van der Waals surface area contributed by atoms with E-state index in [4.69, 9.17) is 27.9 Å². The number of amides is 2. The fourth-order valence-electron chi connectivity index (χ4n) is 1.97. The third-order valence-electron chi connectivity index (χ3n) is 3.26. The first-order valence-corrected chi connectivity index (χ1v) is 7.93. The van der Waals surface area contributed by atoms with E-state index in [0.29, 0.717) is 23.7 Å². The van der Waals surface area contributed by atoms with Gasteiger partial charge in [-0.2, -0.15) is 0 Å². The van der Waals surface area contributed by atoms with E-state index in [9.17, 15) is 9.59 Å². The van der Waals surface area contributed by atoms with Gasteiger partial charge in [0.05, 0.1) is 22.8 Å². The van der Waals surface area contributed by atoms with Crippen molar-refractivity contribution in [2.75, 3.05) is 19.0 Å². The van der Waals surface area contributed by atoms with Crippen LogP contribution in [0.15, 0.2) is 42.5 Å². The van der Waals surface area contributed by atoms with Crippen molar-refractivity contribution in [3.8, 4) is 5.75 Å². The molecule has 2 aromatic rings. The second kappa shape index (κ2) is 8.57. The van der Waals surface area contributed by atoms with Gasteiger partial charge in [0.1, 0.15) is 5.75 Å². The zero-order valence-corrected chi connectivity index (χ0v) is 14.4. The minimum Gasteiger partial charge on any atom is -0.497 e. The lowest BCUT2D eigenvalue weighted by atomic mass is 10.1. The fourth-order valence-corrected chi connectivity index (χ4v) is 2.32. The van der Waals surface area contributed by atoms with E-state index >= 15 is 0 Å². The summed E-state index contributed by atoms with van der Waals surface area (Å²) in [5.74, 6) is -0.769. The van der Waals surface area contributed by atoms with Crippen LogP contribution in [-0.4, -0.2) is 25.5 Å². The van der Waals surface area contributed by atoms with Crippen LogP contribution < -0.4 is 15.4 Å². The molecule has 126 valence electrons. The summed E-state index contributed by atoms with van der Waals surface area (Å²) >= 11 is 11.8. The Labute approximate surface area is 149 Å². The SMILES string of the molecule is COc1ccc(CCNC(=O)C(=O)Nc2cccc(Cl)c2Cl)cc1. The number of carbonyl (C=O) groups is 2. The number of carbonyl (C=O) groups excluding carboxylic acids is 2. The molecule has 0 spiro atoms. The van der Waals surface area contributed by atoms with Gasteiger partial charge < -0.3 is 15.4 Å². The molecule has 2 amide bonds. The second-order valence-electron chi connectivity index (χ2n) is 4.91. The molecule has 0 bridgehead atoms. The van der Waals surface area contributed by atoms with Crippen molar-refractivity contribution in [3.05, 3.63) is 58.1 Å². The van der Waals surface area contributed by atoms with Crippen molar-refractivity contribution in [2.45, 2.75) is 6.42 Å². The topological polar surface area (TPSA) is 67.4 Å². The Hall–Kier alpha value is -2.24. The molecule has 7 heteroatoms. The quantitative estimate of drug-likeness (QED) is 0.797. The zero-order valence-electron chi connectivity index (χ0n) is 12.9. The molecule has 0 aromatic heterocycles. The number of ether oxygens (including phenoxy) is 1. The molecule has 0 saturated heterocycles. The van der Waals surface area contributed by atoms with Gasteiger partial charge in [-0.3, -0.25) is 9.59 Å². The molecule has 0 fully saturated rings. The maximum absolute atomic E-state index is 11.9. The third-order valence-corrected chi connectivity index (χ3v) is 4.08. The van der Waals surface area contributed by atoms with Gasteiger partial charge in [0.25, 0.3) is 0 Å². The average molecular weight is 367 g/mol. The predicted octanol–water partition coefficient (Wildman–Crippen LogP) is 3.30. The molecular weight excluding hydrogens is 351 g/mol. The highest BCUT2D eigenvalue weighted by atomic mass is 35.5. The van der Waals surface area contributed by atoms with Crippen LogP contribution in [0.1, 0.15) is 5.56 Å². The first kappa shape index (κ1) is 18.1. The molecule has 0 heterocycles. The molecule has 2 rings (SSSR count). The summed E-state index contributed by atoms with van der Waals surface area (Å²) in [7, 11) is 1.60. The number of nitrogens with one attached hydrogen (secondary N) is 2. The predicted molar refractivity (Wildman–Crippen MR) is 94.8 cm³/mol. The van der Waals surface area contributed by atoms with E-state index in [-0.39, 0.29) is 5.02 Å². The van der Waals surface area contributed by atoms with Crippen LogP contribution in [0.3, 0.4) is 0 Å². The van der Waals surface area contributed by atoms with E-state index in [1.807, 2.05) is 24.3 Å². The average Bonchev–Trinajstić information content (AvgIpc) is 2.59. The minimum absolute atomic E-state index is 0.193. The van der Waals surface area contributed by atoms with Gasteiger partial charge >= 0.3 is 11.8 Å². The van der Waals surface area contributed by atoms with Gasteiger partial charge in [0.15, 0.2) is 0 Å². The lowest BCUT2D eigenvalue weighted by Gasteiger charge is -2.09. The largest absolute Gasteiger partial charge is 0.497 e. The number of anilines is 1. The number of hydrogen-bond donors (Lipinski definition) is 2. The molecule has 0 unspecified atom stereocenters. The Balaban J connectivity index is 1.83. The zero-order chi connectivity index (χ0) is 17.5. The van der Waals surface area contributed by atoms with Crippen LogP contribution in [-0.2, 0) is 16.0 Å². The maximum atomic E-state index is 11.9. The number of methoxy groups -OCH3 is 1. The highest BCUT2D eigenvalue weighted by molar-refractivity contribution is 6.45. The van der Waals surface area contributed by atoms with Gasteiger partial charge in [0, 0.05) is 6.54 Å². The van der Waals surface area contributed by atoms with Gasteiger partial charge in [0.2, 0.25) is 0 Å². The Bertz CT molecular complexity index is 733. The van der Waals surface area contributed by atoms with Crippen molar-refractivity contribution in [3.63, 3.8) is 0 Å². The highest BCUT2D eigenvalue weighted by Gasteiger charge is 2.15. The molecule has 0 aliphatic carbocycles. The van der Waals surface area contributed by atoms with Crippen LogP contribution in [0.2, 0.25) is 10.0 Å². The second-order valence-corrected chi connectivity index (χ2v) is 5.69. The lowest BCUT2D eigenvalue weighted by molar-refractivity contribution is -0.136. The summed E-state index contributed by atoms with van der Waals surface area (Å²) in [5, 5.41) is 5.48. The Morgan fingerprint density at radius 3 is 2.42 bits per heavy atom. The lowest BCUT2D eigenvalue weighted by Crippen LogP contribution is -2.36. The molecule has 0 radical (unpaired) electrons. The minimum atomic E-state index is -0.797. The van der Waals surface area contributed by atoms with Crippen LogP contribution in [0.25, 0.3) is 0 Å². The molecule has 24 heavy (non-hydrogen) atoms. The summed E-state index contributed by atoms with van der Waals surface area (Å²) in [5.41, 5.74) is 1.31. The molecular formula is C17H16Cl2N2O3. The van der Waals surface area contributed by atoms with E-state index in [2.05, 4.69) is 10.6 Å². The van der Waals surface area contributed by atoms with Gasteiger partial charge in [-0.25, -0.2) is 0 Å². The molecule has 0 atom stereocenters. The number of benzene rings is 2. The van der Waals surface area contributed by atoms with Crippen molar-refractivity contribution >= 4 is 40.7 Å². The molecule has 5 nitrogen and oxygen atoms in total. The molecule has 2 N–H and O–H groups in total. The number of rotatable bonds is 5. The smallest absolute Gasteiger partial charge is 0.313 e. The van der Waals surface area contributed by atoms with Crippen molar-refractivity contribution in [1.82, 2.24) is 5.32 Å². The first-order chi connectivity index (χ1) is 11.5. The van der Waals surface area contributed by atoms with Gasteiger partial charge in [-0.05, 0) is 36.2 Å². The van der Waals surface area contributed by atoms with Gasteiger partial charge in [-0.1, -0.05) is 41.4 Å². The normalized spacial score (nSPS) is 10.1. The monoisotopic (exact) mass is 366 g/mol. The summed E-state index contributed by atoms with van der Waals surface area (Å²) in [6, 6.07) is 12.3. The van der Waals surface area contributed by atoms with Crippen LogP contribution >= 0.6 is 23.2 Å².